The average Bonchev–Trinajstić information content (AvgIpc) is 2.97. The molecule has 1 saturated heterocycles. The minimum Gasteiger partial charge on any atom is -0.500 e. The van der Waals surface area contributed by atoms with Crippen molar-refractivity contribution in [3.63, 3.8) is 0 Å². The van der Waals surface area contributed by atoms with Gasteiger partial charge in [-0.25, -0.2) is 4.39 Å². The topological polar surface area (TPSA) is 48.4 Å². The van der Waals surface area contributed by atoms with E-state index in [0.29, 0.717) is 35.0 Å². The number of halogens is 2. The number of rotatable bonds is 9. The van der Waals surface area contributed by atoms with Gasteiger partial charge in [0.2, 0.25) is 5.91 Å². The van der Waals surface area contributed by atoms with E-state index in [0.717, 1.165) is 51.4 Å². The van der Waals surface area contributed by atoms with Crippen LogP contribution in [0.5, 0.6) is 0 Å². The molecule has 2 aliphatic heterocycles. The van der Waals surface area contributed by atoms with Gasteiger partial charge in [-0.05, 0) is 43.3 Å². The Hall–Kier alpha value is -2.74. The molecule has 2 aromatic carbocycles. The van der Waals surface area contributed by atoms with Crippen molar-refractivity contribution in [2.45, 2.75) is 6.42 Å². The van der Waals surface area contributed by atoms with Gasteiger partial charge in [-0.2, -0.15) is 0 Å². The van der Waals surface area contributed by atoms with Crippen molar-refractivity contribution in [1.82, 2.24) is 9.80 Å². The third-order valence-corrected chi connectivity index (χ3v) is 6.51. The molecule has 34 heavy (non-hydrogen) atoms. The first-order valence-corrected chi connectivity index (χ1v) is 12.0. The summed E-state index contributed by atoms with van der Waals surface area (Å²) in [7, 11) is 0. The number of fused-ring (bicyclic) bond motifs is 1. The van der Waals surface area contributed by atoms with Crippen LogP contribution in [0.3, 0.4) is 0 Å². The zero-order valence-corrected chi connectivity index (χ0v) is 20.0. The smallest absolute Gasteiger partial charge is 0.248 e. The van der Waals surface area contributed by atoms with E-state index >= 15 is 0 Å². The minimum atomic E-state index is -0.372. The molecule has 1 amide bonds. The molecule has 0 unspecified atom stereocenters. The quantitative estimate of drug-likeness (QED) is 0.401. The first kappa shape index (κ1) is 24.4. The van der Waals surface area contributed by atoms with Crippen molar-refractivity contribution in [1.29, 1.82) is 0 Å². The van der Waals surface area contributed by atoms with E-state index in [4.69, 9.17) is 16.3 Å². The SMILES string of the molecule is C=COCCN1CCN(CCCN2C(=O)CN=C(c3ccccc3F)c3cc(Cl)ccc32)CC1. The van der Waals surface area contributed by atoms with Crippen LogP contribution in [0.2, 0.25) is 5.02 Å². The lowest BCUT2D eigenvalue weighted by Crippen LogP contribution is -2.47. The van der Waals surface area contributed by atoms with Gasteiger partial charge < -0.3 is 14.5 Å². The van der Waals surface area contributed by atoms with Gasteiger partial charge in [-0.1, -0.05) is 30.3 Å². The number of amides is 1. The molecule has 8 heteroatoms. The van der Waals surface area contributed by atoms with Gasteiger partial charge in [-0.3, -0.25) is 14.7 Å². The van der Waals surface area contributed by atoms with Crippen LogP contribution < -0.4 is 4.90 Å². The molecule has 0 aromatic heterocycles. The highest BCUT2D eigenvalue weighted by Crippen LogP contribution is 2.30. The fourth-order valence-corrected chi connectivity index (χ4v) is 4.64. The second-order valence-electron chi connectivity index (χ2n) is 8.43. The lowest BCUT2D eigenvalue weighted by Gasteiger charge is -2.35. The third kappa shape index (κ3) is 5.84. The van der Waals surface area contributed by atoms with E-state index in [9.17, 15) is 9.18 Å². The number of hydrogen-bond acceptors (Lipinski definition) is 5. The maximum atomic E-state index is 14.6. The van der Waals surface area contributed by atoms with Gasteiger partial charge in [0.15, 0.2) is 0 Å². The lowest BCUT2D eigenvalue weighted by atomic mass is 9.99. The Bertz CT molecular complexity index is 1050. The summed E-state index contributed by atoms with van der Waals surface area (Å²) in [6, 6.07) is 11.9. The zero-order valence-electron chi connectivity index (χ0n) is 19.3. The first-order chi connectivity index (χ1) is 16.6. The summed E-state index contributed by atoms with van der Waals surface area (Å²) in [6.45, 7) is 10.6. The van der Waals surface area contributed by atoms with Crippen LogP contribution in [0.1, 0.15) is 17.5 Å². The zero-order chi connectivity index (χ0) is 23.9. The molecule has 0 spiro atoms. The summed E-state index contributed by atoms with van der Waals surface area (Å²) < 4.78 is 19.8. The van der Waals surface area contributed by atoms with Crippen LogP contribution in [-0.2, 0) is 9.53 Å². The number of anilines is 1. The van der Waals surface area contributed by atoms with Crippen molar-refractivity contribution in [3.05, 3.63) is 77.3 Å². The maximum Gasteiger partial charge on any atom is 0.248 e. The maximum absolute atomic E-state index is 14.6. The molecule has 2 aliphatic rings. The third-order valence-electron chi connectivity index (χ3n) is 6.27. The van der Waals surface area contributed by atoms with E-state index in [2.05, 4.69) is 21.4 Å². The second kappa shape index (κ2) is 11.6. The normalized spacial score (nSPS) is 17.2. The molecule has 0 aliphatic carbocycles. The molecule has 4 rings (SSSR count). The number of carbonyl (C=O) groups excluding carboxylic acids is 1. The fourth-order valence-electron chi connectivity index (χ4n) is 4.47. The Morgan fingerprint density at radius 3 is 2.50 bits per heavy atom. The van der Waals surface area contributed by atoms with E-state index in [1.54, 1.807) is 35.2 Å². The van der Waals surface area contributed by atoms with E-state index in [1.807, 2.05) is 6.07 Å². The highest BCUT2D eigenvalue weighted by Gasteiger charge is 2.26. The van der Waals surface area contributed by atoms with Crippen LogP contribution >= 0.6 is 11.6 Å². The molecule has 0 atom stereocenters. The van der Waals surface area contributed by atoms with Crippen molar-refractivity contribution < 1.29 is 13.9 Å². The highest BCUT2D eigenvalue weighted by atomic mass is 35.5. The predicted octanol–water partition coefficient (Wildman–Crippen LogP) is 3.83. The number of piperazine rings is 1. The molecule has 0 saturated carbocycles. The molecule has 2 aromatic rings. The van der Waals surface area contributed by atoms with Crippen LogP contribution in [0.25, 0.3) is 0 Å². The van der Waals surface area contributed by atoms with Crippen molar-refractivity contribution in [2.24, 2.45) is 4.99 Å². The first-order valence-electron chi connectivity index (χ1n) is 11.6. The molecule has 0 bridgehead atoms. The minimum absolute atomic E-state index is 0.0264. The number of benzodiazepines with no additional fused rings is 1. The molecule has 2 heterocycles. The van der Waals surface area contributed by atoms with Gasteiger partial charge >= 0.3 is 0 Å². The van der Waals surface area contributed by atoms with Crippen LogP contribution in [0, 0.1) is 5.82 Å². The molecule has 6 nitrogen and oxygen atoms in total. The molecule has 0 N–H and O–H groups in total. The predicted molar refractivity (Wildman–Crippen MR) is 134 cm³/mol. The van der Waals surface area contributed by atoms with E-state index in [1.165, 1.54) is 12.3 Å². The number of nitrogens with zero attached hydrogens (tertiary/aromatic N) is 4. The summed E-state index contributed by atoms with van der Waals surface area (Å²) in [4.78, 5) is 24.1. The summed E-state index contributed by atoms with van der Waals surface area (Å²) in [5.41, 5.74) is 2.24. The Morgan fingerprint density at radius 1 is 1.03 bits per heavy atom. The van der Waals surface area contributed by atoms with Crippen molar-refractivity contribution in [3.8, 4) is 0 Å². The Balaban J connectivity index is 1.42. The van der Waals surface area contributed by atoms with Gasteiger partial charge in [0.1, 0.15) is 12.4 Å². The number of hydrogen-bond donors (Lipinski definition) is 0. The van der Waals surface area contributed by atoms with E-state index < -0.39 is 0 Å². The van der Waals surface area contributed by atoms with Gasteiger partial charge in [0.05, 0.1) is 24.3 Å². The lowest BCUT2D eigenvalue weighted by molar-refractivity contribution is -0.117. The monoisotopic (exact) mass is 484 g/mol. The molecular formula is C26H30ClFN4O2. The summed E-state index contributed by atoms with van der Waals surface area (Å²) in [6.07, 6.45) is 2.32. The van der Waals surface area contributed by atoms with Crippen LogP contribution in [0.4, 0.5) is 10.1 Å². The largest absolute Gasteiger partial charge is 0.500 e. The Kier molecular flexibility index (Phi) is 8.32. The van der Waals surface area contributed by atoms with E-state index in [-0.39, 0.29) is 18.3 Å². The Morgan fingerprint density at radius 2 is 1.76 bits per heavy atom. The Labute approximate surface area is 205 Å². The molecule has 0 radical (unpaired) electrons. The van der Waals surface area contributed by atoms with Gasteiger partial charge in [0, 0.05) is 55.4 Å². The number of benzene rings is 2. The number of carbonyl (C=O) groups is 1. The average molecular weight is 485 g/mol. The number of ether oxygens (including phenoxy) is 1. The second-order valence-corrected chi connectivity index (χ2v) is 8.86. The summed E-state index contributed by atoms with van der Waals surface area (Å²) in [5, 5.41) is 0.522. The van der Waals surface area contributed by atoms with Crippen molar-refractivity contribution in [2.75, 3.05) is 63.9 Å². The van der Waals surface area contributed by atoms with Gasteiger partial charge in [-0.15, -0.1) is 0 Å². The standard InChI is InChI=1S/C26H30ClFN4O2/c1-2-34-17-16-31-14-12-30(13-15-31)10-5-11-32-24-9-8-20(27)18-22(24)26(29-19-25(32)33)21-6-3-4-7-23(21)28/h2-4,6-9,18H,1,5,10-17,19H2. The van der Waals surface area contributed by atoms with Crippen molar-refractivity contribution >= 4 is 28.9 Å². The van der Waals surface area contributed by atoms with Crippen LogP contribution in [-0.4, -0.2) is 80.4 Å². The summed E-state index contributed by atoms with van der Waals surface area (Å²) in [5.74, 6) is -0.467. The van der Waals surface area contributed by atoms with Gasteiger partial charge in [0.25, 0.3) is 0 Å². The van der Waals surface area contributed by atoms with Crippen LogP contribution in [0.15, 0.2) is 60.3 Å². The highest BCUT2D eigenvalue weighted by molar-refractivity contribution is 6.32. The summed E-state index contributed by atoms with van der Waals surface area (Å²) >= 11 is 6.29. The number of aliphatic imine (C=N–C) groups is 1. The molecule has 180 valence electrons. The fraction of sp³-hybridized carbons (Fsp3) is 0.385. The molecule has 1 fully saturated rings. The molecular weight excluding hydrogens is 455 g/mol.